The zero-order valence-corrected chi connectivity index (χ0v) is 20.7. The molecule has 176 valence electrons. The Labute approximate surface area is 210 Å². The van der Waals surface area contributed by atoms with Gasteiger partial charge in [-0.15, -0.1) is 0 Å². The SMILES string of the molecule is Cc1ccc(-c2ccc(/C=C/C(=O)NC(=S)Nc3ccccc3N3CCN(C)CC3)o2)cc1Cl. The molecule has 0 bridgehead atoms. The molecule has 6 nitrogen and oxygen atoms in total. The van der Waals surface area contributed by atoms with Crippen LogP contribution in [0.4, 0.5) is 11.4 Å². The molecular formula is C26H27ClN4O2S. The van der Waals surface area contributed by atoms with Gasteiger partial charge < -0.3 is 19.5 Å². The summed E-state index contributed by atoms with van der Waals surface area (Å²) in [7, 11) is 2.13. The third-order valence-electron chi connectivity index (χ3n) is 5.72. The van der Waals surface area contributed by atoms with Gasteiger partial charge in [0, 0.05) is 42.8 Å². The predicted molar refractivity (Wildman–Crippen MR) is 143 cm³/mol. The van der Waals surface area contributed by atoms with E-state index in [9.17, 15) is 4.79 Å². The molecule has 8 heteroatoms. The third-order valence-corrected chi connectivity index (χ3v) is 6.33. The fourth-order valence-electron chi connectivity index (χ4n) is 3.71. The summed E-state index contributed by atoms with van der Waals surface area (Å²) in [5, 5.41) is 6.78. The monoisotopic (exact) mass is 494 g/mol. The number of aryl methyl sites for hydroxylation is 1. The van der Waals surface area contributed by atoms with E-state index in [1.807, 2.05) is 49.4 Å². The molecule has 1 saturated heterocycles. The Morgan fingerprint density at radius 2 is 1.85 bits per heavy atom. The second-order valence-electron chi connectivity index (χ2n) is 8.25. The highest BCUT2D eigenvalue weighted by Gasteiger charge is 2.17. The molecule has 2 heterocycles. The average molecular weight is 495 g/mol. The Balaban J connectivity index is 1.35. The molecule has 0 spiro atoms. The van der Waals surface area contributed by atoms with Crippen LogP contribution in [-0.4, -0.2) is 49.1 Å². The van der Waals surface area contributed by atoms with Crippen LogP contribution in [0.2, 0.25) is 5.02 Å². The summed E-state index contributed by atoms with van der Waals surface area (Å²) in [5.74, 6) is 0.895. The smallest absolute Gasteiger partial charge is 0.250 e. The summed E-state index contributed by atoms with van der Waals surface area (Å²) in [6, 6.07) is 17.4. The number of amides is 1. The quantitative estimate of drug-likeness (QED) is 0.376. The first-order valence-corrected chi connectivity index (χ1v) is 11.9. The van der Waals surface area contributed by atoms with E-state index in [-0.39, 0.29) is 11.0 Å². The lowest BCUT2D eigenvalue weighted by molar-refractivity contribution is -0.115. The molecule has 1 aliphatic rings. The van der Waals surface area contributed by atoms with Crippen LogP contribution in [0.3, 0.4) is 0 Å². The van der Waals surface area contributed by atoms with E-state index in [1.54, 1.807) is 12.1 Å². The highest BCUT2D eigenvalue weighted by atomic mass is 35.5. The minimum Gasteiger partial charge on any atom is -0.457 e. The van der Waals surface area contributed by atoms with Gasteiger partial charge >= 0.3 is 0 Å². The largest absolute Gasteiger partial charge is 0.457 e. The summed E-state index contributed by atoms with van der Waals surface area (Å²) in [5.41, 5.74) is 3.82. The highest BCUT2D eigenvalue weighted by molar-refractivity contribution is 7.80. The molecule has 2 N–H and O–H groups in total. The lowest BCUT2D eigenvalue weighted by Gasteiger charge is -2.35. The first-order valence-electron chi connectivity index (χ1n) is 11.1. The van der Waals surface area contributed by atoms with E-state index in [2.05, 4.69) is 33.5 Å². The number of nitrogens with zero attached hydrogens (tertiary/aromatic N) is 2. The number of thiocarbonyl (C=S) groups is 1. The maximum absolute atomic E-state index is 12.4. The summed E-state index contributed by atoms with van der Waals surface area (Å²) >= 11 is 11.6. The van der Waals surface area contributed by atoms with Gasteiger partial charge in [-0.3, -0.25) is 10.1 Å². The predicted octanol–water partition coefficient (Wildman–Crippen LogP) is 5.19. The van der Waals surface area contributed by atoms with Gasteiger partial charge in [-0.05, 0) is 68.2 Å². The van der Waals surface area contributed by atoms with E-state index in [1.165, 1.54) is 6.08 Å². The second-order valence-corrected chi connectivity index (χ2v) is 9.07. The number of hydrogen-bond donors (Lipinski definition) is 2. The molecule has 1 aromatic heterocycles. The summed E-state index contributed by atoms with van der Waals surface area (Å²) in [6.07, 6.45) is 3.00. The standard InChI is InChI=1S/C26H27ClN4O2S/c1-18-7-8-19(17-21(18)27)24-11-9-20(33-24)10-12-25(32)29-26(34)28-22-5-3-4-6-23(22)31-15-13-30(2)14-16-31/h3-12,17H,13-16H2,1-2H3,(H2,28,29,32,34)/b12-10+. The van der Waals surface area contributed by atoms with E-state index < -0.39 is 0 Å². The Hall–Kier alpha value is -3.13. The molecule has 0 atom stereocenters. The molecule has 0 radical (unpaired) electrons. The van der Waals surface area contributed by atoms with Crippen molar-refractivity contribution in [3.05, 3.63) is 77.0 Å². The number of nitrogens with one attached hydrogen (secondary N) is 2. The minimum atomic E-state index is -0.342. The number of likely N-dealkylation sites (N-methyl/N-ethyl adjacent to an activating group) is 1. The Morgan fingerprint density at radius 1 is 1.09 bits per heavy atom. The van der Waals surface area contributed by atoms with E-state index >= 15 is 0 Å². The summed E-state index contributed by atoms with van der Waals surface area (Å²) in [6.45, 7) is 5.84. The molecule has 1 fully saturated rings. The van der Waals surface area contributed by atoms with Crippen molar-refractivity contribution in [1.29, 1.82) is 0 Å². The van der Waals surface area contributed by atoms with Gasteiger partial charge in [0.1, 0.15) is 11.5 Å². The number of para-hydroxylation sites is 2. The highest BCUT2D eigenvalue weighted by Crippen LogP contribution is 2.28. The zero-order valence-electron chi connectivity index (χ0n) is 19.2. The van der Waals surface area contributed by atoms with Crippen LogP contribution in [0.15, 0.2) is 65.1 Å². The molecule has 34 heavy (non-hydrogen) atoms. The molecule has 3 aromatic rings. The minimum absolute atomic E-state index is 0.241. The van der Waals surface area contributed by atoms with Crippen molar-refractivity contribution in [2.75, 3.05) is 43.4 Å². The number of piperazine rings is 1. The van der Waals surface area contributed by atoms with Crippen LogP contribution in [-0.2, 0) is 4.79 Å². The van der Waals surface area contributed by atoms with Gasteiger partial charge in [-0.25, -0.2) is 0 Å². The number of hydrogen-bond acceptors (Lipinski definition) is 5. The molecule has 1 amide bonds. The number of furan rings is 1. The number of rotatable bonds is 5. The summed E-state index contributed by atoms with van der Waals surface area (Å²) in [4.78, 5) is 17.0. The van der Waals surface area contributed by atoms with Crippen molar-refractivity contribution in [2.45, 2.75) is 6.92 Å². The Kier molecular flexibility index (Phi) is 7.67. The van der Waals surface area contributed by atoms with Crippen LogP contribution < -0.4 is 15.5 Å². The van der Waals surface area contributed by atoms with Crippen molar-refractivity contribution in [1.82, 2.24) is 10.2 Å². The molecule has 2 aromatic carbocycles. The van der Waals surface area contributed by atoms with Gasteiger partial charge in [0.15, 0.2) is 5.11 Å². The van der Waals surface area contributed by atoms with Crippen LogP contribution >= 0.6 is 23.8 Å². The molecule has 0 unspecified atom stereocenters. The summed E-state index contributed by atoms with van der Waals surface area (Å²) < 4.78 is 5.82. The van der Waals surface area contributed by atoms with Crippen LogP contribution in [0.5, 0.6) is 0 Å². The van der Waals surface area contributed by atoms with Crippen molar-refractivity contribution >= 4 is 52.3 Å². The molecule has 0 saturated carbocycles. The van der Waals surface area contributed by atoms with Crippen LogP contribution in [0.1, 0.15) is 11.3 Å². The number of benzene rings is 2. The number of carbonyl (C=O) groups is 1. The topological polar surface area (TPSA) is 60.8 Å². The Morgan fingerprint density at radius 3 is 2.62 bits per heavy atom. The maximum Gasteiger partial charge on any atom is 0.250 e. The van der Waals surface area contributed by atoms with Gasteiger partial charge in [0.05, 0.1) is 11.4 Å². The van der Waals surface area contributed by atoms with E-state index in [0.29, 0.717) is 16.5 Å². The Bertz CT molecular complexity index is 1220. The van der Waals surface area contributed by atoms with Crippen LogP contribution in [0, 0.1) is 6.92 Å². The van der Waals surface area contributed by atoms with Gasteiger partial charge in [0.2, 0.25) is 5.91 Å². The van der Waals surface area contributed by atoms with Crippen molar-refractivity contribution in [3.63, 3.8) is 0 Å². The maximum atomic E-state index is 12.4. The van der Waals surface area contributed by atoms with Gasteiger partial charge in [-0.1, -0.05) is 35.9 Å². The van der Waals surface area contributed by atoms with Crippen molar-refractivity contribution in [3.8, 4) is 11.3 Å². The van der Waals surface area contributed by atoms with Crippen molar-refractivity contribution in [2.24, 2.45) is 0 Å². The lowest BCUT2D eigenvalue weighted by atomic mass is 10.1. The van der Waals surface area contributed by atoms with Crippen LogP contribution in [0.25, 0.3) is 17.4 Å². The molecule has 1 aliphatic heterocycles. The normalized spacial score (nSPS) is 14.4. The van der Waals surface area contributed by atoms with Crippen molar-refractivity contribution < 1.29 is 9.21 Å². The fourth-order valence-corrected chi connectivity index (χ4v) is 4.10. The first-order chi connectivity index (χ1) is 16.4. The fraction of sp³-hybridized carbons (Fsp3) is 0.231. The number of carbonyl (C=O) groups excluding carboxylic acids is 1. The van der Waals surface area contributed by atoms with E-state index in [4.69, 9.17) is 28.2 Å². The molecular weight excluding hydrogens is 468 g/mol. The molecule has 4 rings (SSSR count). The second kappa shape index (κ2) is 10.9. The first kappa shape index (κ1) is 24.0. The molecule has 0 aliphatic carbocycles. The average Bonchev–Trinajstić information content (AvgIpc) is 3.30. The number of anilines is 2. The number of halogens is 1. The lowest BCUT2D eigenvalue weighted by Crippen LogP contribution is -2.45. The van der Waals surface area contributed by atoms with Gasteiger partial charge in [0.25, 0.3) is 0 Å². The zero-order chi connectivity index (χ0) is 24.1. The van der Waals surface area contributed by atoms with E-state index in [0.717, 1.165) is 48.7 Å². The third kappa shape index (κ3) is 6.05. The van der Waals surface area contributed by atoms with Gasteiger partial charge in [-0.2, -0.15) is 0 Å².